The summed E-state index contributed by atoms with van der Waals surface area (Å²) in [4.78, 5) is 38.2. The average molecular weight is 567 g/mol. The first-order valence-electron chi connectivity index (χ1n) is 16.0. The van der Waals surface area contributed by atoms with Crippen LogP contribution in [0.1, 0.15) is 125 Å². The van der Waals surface area contributed by atoms with Gasteiger partial charge in [-0.3, -0.25) is 9.59 Å². The van der Waals surface area contributed by atoms with Crippen molar-refractivity contribution in [3.63, 3.8) is 0 Å². The van der Waals surface area contributed by atoms with Gasteiger partial charge in [0.1, 0.15) is 0 Å². The molecule has 8 bridgehead atoms. The third-order valence-electron chi connectivity index (χ3n) is 9.26. The minimum absolute atomic E-state index is 0.326. The lowest BCUT2D eigenvalue weighted by molar-refractivity contribution is -0.130. The molecule has 5 rings (SSSR count). The minimum atomic E-state index is -0.482. The molecular formula is C36H46N4O2. The summed E-state index contributed by atoms with van der Waals surface area (Å²) in [5.74, 6) is -0.943. The topological polar surface area (TPSA) is 93.5 Å². The number of allylic oxidation sites excluding steroid dienone is 3. The number of nitrogens with one attached hydrogen (secondary N) is 4. The zero-order valence-electron chi connectivity index (χ0n) is 26.6. The number of carbonyl (C=O) groups excluding carboxylic acids is 2. The molecule has 2 aliphatic heterocycles. The van der Waals surface area contributed by atoms with Gasteiger partial charge in [0, 0.05) is 39.0 Å². The molecule has 6 heteroatoms. The predicted molar refractivity (Wildman–Crippen MR) is 172 cm³/mol. The van der Waals surface area contributed by atoms with E-state index in [1.807, 2.05) is 6.08 Å². The van der Waals surface area contributed by atoms with Gasteiger partial charge in [-0.25, -0.2) is 0 Å². The highest BCUT2D eigenvalue weighted by atomic mass is 16.2. The molecule has 4 N–H and O–H groups in total. The number of aromatic nitrogens is 3. The Hall–Kier alpha value is -3.80. The second kappa shape index (κ2) is 11.8. The molecule has 3 aromatic rings. The van der Waals surface area contributed by atoms with Crippen molar-refractivity contribution in [2.24, 2.45) is 0 Å². The van der Waals surface area contributed by atoms with Crippen LogP contribution in [0.25, 0.3) is 22.8 Å². The van der Waals surface area contributed by atoms with Crippen LogP contribution >= 0.6 is 0 Å². The Morgan fingerprint density at radius 2 is 1.05 bits per heavy atom. The van der Waals surface area contributed by atoms with Crippen molar-refractivity contribution < 1.29 is 9.59 Å². The van der Waals surface area contributed by atoms with E-state index in [1.54, 1.807) is 0 Å². The molecule has 0 atom stereocenters. The van der Waals surface area contributed by atoms with Crippen molar-refractivity contribution >= 4 is 34.4 Å². The predicted octanol–water partition coefficient (Wildman–Crippen LogP) is 5.92. The molecule has 1 saturated heterocycles. The van der Waals surface area contributed by atoms with E-state index >= 15 is 0 Å². The minimum Gasteiger partial charge on any atom is -0.355 e. The van der Waals surface area contributed by atoms with E-state index in [1.165, 1.54) is 49.7 Å². The van der Waals surface area contributed by atoms with Crippen molar-refractivity contribution in [1.82, 2.24) is 20.3 Å². The van der Waals surface area contributed by atoms with E-state index in [4.69, 9.17) is 0 Å². The maximum Gasteiger partial charge on any atom is 0.251 e. The fourth-order valence-corrected chi connectivity index (χ4v) is 7.28. The molecule has 0 radical (unpaired) electrons. The number of carbonyl (C=O) groups is 2. The molecule has 0 spiro atoms. The van der Waals surface area contributed by atoms with Gasteiger partial charge < -0.3 is 20.3 Å². The Morgan fingerprint density at radius 1 is 0.524 bits per heavy atom. The number of rotatable bonds is 8. The number of ketones is 2. The monoisotopic (exact) mass is 566 g/mol. The lowest BCUT2D eigenvalue weighted by Gasteiger charge is -2.10. The highest BCUT2D eigenvalue weighted by Gasteiger charge is 2.35. The average Bonchev–Trinajstić information content (AvgIpc) is 3.74. The highest BCUT2D eigenvalue weighted by Crippen LogP contribution is 2.35. The van der Waals surface area contributed by atoms with Crippen molar-refractivity contribution in [3.05, 3.63) is 78.8 Å². The Labute approximate surface area is 249 Å². The van der Waals surface area contributed by atoms with Crippen LogP contribution in [0, 0.1) is 0 Å². The third kappa shape index (κ3) is 4.47. The van der Waals surface area contributed by atoms with Gasteiger partial charge in [-0.1, -0.05) is 55.4 Å². The van der Waals surface area contributed by atoms with Crippen LogP contribution in [0.15, 0.2) is 17.5 Å². The molecule has 0 unspecified atom stereocenters. The zero-order valence-corrected chi connectivity index (χ0v) is 26.6. The largest absolute Gasteiger partial charge is 0.355 e. The van der Waals surface area contributed by atoms with Crippen LogP contribution in [0.3, 0.4) is 0 Å². The number of aromatic amines is 3. The normalized spacial score (nSPS) is 15.2. The summed E-state index contributed by atoms with van der Waals surface area (Å²) in [6, 6.07) is 2.12. The maximum absolute atomic E-state index is 13.5. The molecule has 0 aromatic carbocycles. The van der Waals surface area contributed by atoms with Gasteiger partial charge in [-0.2, -0.15) is 0 Å². The maximum atomic E-state index is 13.5. The van der Waals surface area contributed by atoms with Crippen LogP contribution < -0.4 is 16.0 Å². The van der Waals surface area contributed by atoms with Crippen molar-refractivity contribution in [1.29, 1.82) is 0 Å². The second-order valence-electron chi connectivity index (χ2n) is 11.3. The second-order valence-corrected chi connectivity index (χ2v) is 11.3. The number of hydrogen-bond donors (Lipinski definition) is 4. The molecule has 0 amide bonds. The van der Waals surface area contributed by atoms with Crippen LogP contribution in [-0.2, 0) is 41.7 Å². The zero-order chi connectivity index (χ0) is 30.3. The summed E-state index contributed by atoms with van der Waals surface area (Å²) in [5, 5.41) is 5.70. The SMILES string of the molecule is CCC1=C2NC(=Cc3cc(CC)c([nH]3)C(CC)=c3[nH]c(c(CC)c3CC)=C(CC)c3[nH]c1c(CC)c3CC)C(=O)C2=O. The van der Waals surface area contributed by atoms with Crippen molar-refractivity contribution in [3.8, 4) is 0 Å². The van der Waals surface area contributed by atoms with E-state index in [-0.39, 0.29) is 0 Å². The molecule has 222 valence electrons. The number of fused-ring (bicyclic) bond motifs is 8. The van der Waals surface area contributed by atoms with Gasteiger partial charge in [0.2, 0.25) is 0 Å². The first kappa shape index (κ1) is 29.7. The van der Waals surface area contributed by atoms with Gasteiger partial charge >= 0.3 is 0 Å². The van der Waals surface area contributed by atoms with E-state index in [9.17, 15) is 9.59 Å². The Balaban J connectivity index is 2.05. The lowest BCUT2D eigenvalue weighted by atomic mass is 9.94. The lowest BCUT2D eigenvalue weighted by Crippen LogP contribution is -2.19. The molecule has 0 aliphatic carbocycles. The molecule has 3 aromatic heterocycles. The summed E-state index contributed by atoms with van der Waals surface area (Å²) in [6.45, 7) is 17.6. The Kier molecular flexibility index (Phi) is 8.36. The van der Waals surface area contributed by atoms with Gasteiger partial charge in [-0.05, 0) is 102 Å². The number of H-pyrrole nitrogens is 3. The fraction of sp³-hybridized carbons (Fsp3) is 0.444. The summed E-state index contributed by atoms with van der Waals surface area (Å²) < 4.78 is 0. The first-order chi connectivity index (χ1) is 20.3. The summed E-state index contributed by atoms with van der Waals surface area (Å²) >= 11 is 0. The van der Waals surface area contributed by atoms with Crippen LogP contribution in [0.5, 0.6) is 0 Å². The van der Waals surface area contributed by atoms with Gasteiger partial charge in [0.05, 0.1) is 11.4 Å². The van der Waals surface area contributed by atoms with Crippen LogP contribution in [0.2, 0.25) is 0 Å². The van der Waals surface area contributed by atoms with Gasteiger partial charge in [-0.15, -0.1) is 0 Å². The van der Waals surface area contributed by atoms with Crippen LogP contribution in [-0.4, -0.2) is 26.5 Å². The van der Waals surface area contributed by atoms with Crippen LogP contribution in [0.4, 0.5) is 0 Å². The number of hydrogen-bond acceptors (Lipinski definition) is 3. The standard InChI is InChI=1S/C36H46N4O2/c1-9-19-17-20-18-28-35(41)36(42)34(38-28)27(16-8)33-24(13-5)23(12-4)32(40-33)26(15-7)31-22(11-3)21(10-2)30(39-31)25(14-6)29(19)37-20/h17-18,37-40H,9-16H2,1-8H3. The molecule has 5 heterocycles. The van der Waals surface area contributed by atoms with E-state index in [0.29, 0.717) is 17.8 Å². The molecule has 42 heavy (non-hydrogen) atoms. The molecule has 2 aliphatic rings. The third-order valence-corrected chi connectivity index (χ3v) is 9.26. The number of Topliss-reactive ketones (excluding diaryl/α,β-unsaturated/α-hetero) is 2. The van der Waals surface area contributed by atoms with E-state index in [2.05, 4.69) is 81.7 Å². The molecule has 0 saturated carbocycles. The quantitative estimate of drug-likeness (QED) is 0.255. The van der Waals surface area contributed by atoms with Crippen molar-refractivity contribution in [2.75, 3.05) is 0 Å². The van der Waals surface area contributed by atoms with E-state index < -0.39 is 11.6 Å². The Morgan fingerprint density at radius 3 is 1.55 bits per heavy atom. The van der Waals surface area contributed by atoms with Gasteiger partial charge in [0.25, 0.3) is 11.6 Å². The molecule has 6 nitrogen and oxygen atoms in total. The summed E-state index contributed by atoms with van der Waals surface area (Å²) in [7, 11) is 0. The summed E-state index contributed by atoms with van der Waals surface area (Å²) in [6.07, 6.45) is 8.61. The van der Waals surface area contributed by atoms with Gasteiger partial charge in [0.15, 0.2) is 0 Å². The summed E-state index contributed by atoms with van der Waals surface area (Å²) in [5.41, 5.74) is 14.7. The fourth-order valence-electron chi connectivity index (χ4n) is 7.28. The molecular weight excluding hydrogens is 520 g/mol. The molecule has 1 fully saturated rings. The smallest absolute Gasteiger partial charge is 0.251 e. The number of aryl methyl sites for hydroxylation is 1. The first-order valence-corrected chi connectivity index (χ1v) is 16.0. The van der Waals surface area contributed by atoms with Crippen molar-refractivity contribution in [2.45, 2.75) is 107 Å². The highest BCUT2D eigenvalue weighted by molar-refractivity contribution is 6.53. The Bertz CT molecular complexity index is 1770. The van der Waals surface area contributed by atoms with E-state index in [0.717, 1.165) is 73.3 Å².